The monoisotopic (exact) mass is 418 g/mol. The van der Waals surface area contributed by atoms with E-state index in [2.05, 4.69) is 10.2 Å². The Balaban J connectivity index is 1.40. The Morgan fingerprint density at radius 2 is 1.86 bits per heavy atom. The second-order valence-corrected chi connectivity index (χ2v) is 9.92. The molecule has 2 aromatic heterocycles. The van der Waals surface area contributed by atoms with Crippen LogP contribution in [0.1, 0.15) is 24.2 Å². The maximum atomic E-state index is 12.7. The van der Waals surface area contributed by atoms with Gasteiger partial charge in [-0.1, -0.05) is 30.3 Å². The van der Waals surface area contributed by atoms with Gasteiger partial charge in [0.2, 0.25) is 10.0 Å². The largest absolute Gasteiger partial charge is 0.348 e. The van der Waals surface area contributed by atoms with Crippen molar-refractivity contribution < 1.29 is 8.42 Å². The van der Waals surface area contributed by atoms with Crippen molar-refractivity contribution in [1.29, 1.82) is 0 Å². The molecule has 28 heavy (non-hydrogen) atoms. The van der Waals surface area contributed by atoms with E-state index in [9.17, 15) is 13.2 Å². The molecule has 1 aliphatic rings. The normalized spacial score (nSPS) is 16.4. The summed E-state index contributed by atoms with van der Waals surface area (Å²) in [5.74, 6) is 1.05. The fourth-order valence-corrected chi connectivity index (χ4v) is 5.93. The molecule has 4 rings (SSSR count). The van der Waals surface area contributed by atoms with Crippen molar-refractivity contribution in [3.63, 3.8) is 0 Å². The van der Waals surface area contributed by atoms with E-state index in [0.717, 1.165) is 23.4 Å². The van der Waals surface area contributed by atoms with Gasteiger partial charge in [-0.25, -0.2) is 27.2 Å². The molecule has 0 radical (unpaired) electrons. The number of piperidine rings is 1. The maximum absolute atomic E-state index is 12.7. The van der Waals surface area contributed by atoms with E-state index >= 15 is 0 Å². The maximum Gasteiger partial charge on any atom is 0.348 e. The SMILES string of the molecule is O=c1[nH]nc(CC2CCN(S(=O)(=O)Cc3ccccc3)CC2)n1-c1cccs1. The molecule has 7 nitrogen and oxygen atoms in total. The number of hydrogen-bond donors (Lipinski definition) is 1. The molecule has 3 aromatic rings. The molecule has 0 aliphatic carbocycles. The molecule has 0 amide bonds. The van der Waals surface area contributed by atoms with E-state index in [0.29, 0.717) is 31.3 Å². The van der Waals surface area contributed by atoms with Crippen molar-refractivity contribution in [2.45, 2.75) is 25.0 Å². The third kappa shape index (κ3) is 4.11. The zero-order valence-electron chi connectivity index (χ0n) is 15.3. The first kappa shape index (κ1) is 19.1. The molecular weight excluding hydrogens is 396 g/mol. The molecule has 0 saturated carbocycles. The van der Waals surface area contributed by atoms with E-state index in [1.807, 2.05) is 47.8 Å². The minimum Gasteiger partial charge on any atom is -0.246 e. The molecule has 0 bridgehead atoms. The van der Waals surface area contributed by atoms with Crippen LogP contribution in [0.3, 0.4) is 0 Å². The van der Waals surface area contributed by atoms with Crippen LogP contribution in [0.4, 0.5) is 0 Å². The van der Waals surface area contributed by atoms with Crippen LogP contribution in [-0.4, -0.2) is 40.6 Å². The third-order valence-corrected chi connectivity index (χ3v) is 7.80. The van der Waals surface area contributed by atoms with Crippen molar-refractivity contribution in [2.75, 3.05) is 13.1 Å². The van der Waals surface area contributed by atoms with E-state index in [1.54, 1.807) is 8.87 Å². The average Bonchev–Trinajstić information content (AvgIpc) is 3.32. The fourth-order valence-electron chi connectivity index (χ4n) is 3.62. The van der Waals surface area contributed by atoms with Gasteiger partial charge in [0.1, 0.15) is 10.8 Å². The lowest BCUT2D eigenvalue weighted by Crippen LogP contribution is -2.39. The molecule has 9 heteroatoms. The molecule has 1 aliphatic heterocycles. The fraction of sp³-hybridized carbons (Fsp3) is 0.368. The molecule has 3 heterocycles. The summed E-state index contributed by atoms with van der Waals surface area (Å²) in [5.41, 5.74) is 0.571. The zero-order chi connectivity index (χ0) is 19.6. The second-order valence-electron chi connectivity index (χ2n) is 7.02. The Bertz CT molecular complexity index is 1060. The van der Waals surface area contributed by atoms with Gasteiger partial charge in [0.25, 0.3) is 0 Å². The first-order valence-corrected chi connectivity index (χ1v) is 11.7. The quantitative estimate of drug-likeness (QED) is 0.666. The first-order chi connectivity index (χ1) is 13.5. The molecule has 1 fully saturated rings. The highest BCUT2D eigenvalue weighted by molar-refractivity contribution is 7.88. The highest BCUT2D eigenvalue weighted by atomic mass is 32.2. The van der Waals surface area contributed by atoms with Gasteiger partial charge in [-0.2, -0.15) is 5.10 Å². The molecule has 0 atom stereocenters. The van der Waals surface area contributed by atoms with Crippen LogP contribution >= 0.6 is 11.3 Å². The van der Waals surface area contributed by atoms with E-state index < -0.39 is 10.0 Å². The number of benzene rings is 1. The van der Waals surface area contributed by atoms with Crippen LogP contribution in [0.5, 0.6) is 0 Å². The number of sulfonamides is 1. The average molecular weight is 419 g/mol. The molecule has 1 N–H and O–H groups in total. The molecule has 0 spiro atoms. The second kappa shape index (κ2) is 8.02. The van der Waals surface area contributed by atoms with E-state index in [4.69, 9.17) is 0 Å². The Labute approximate surface area is 167 Å². The molecule has 0 unspecified atom stereocenters. The minimum absolute atomic E-state index is 0.0375. The number of thiophene rings is 1. The number of H-pyrrole nitrogens is 1. The van der Waals surface area contributed by atoms with Crippen LogP contribution in [-0.2, 0) is 22.2 Å². The summed E-state index contributed by atoms with van der Waals surface area (Å²) >= 11 is 1.49. The lowest BCUT2D eigenvalue weighted by molar-refractivity contribution is 0.269. The summed E-state index contributed by atoms with van der Waals surface area (Å²) < 4.78 is 28.6. The van der Waals surface area contributed by atoms with Gasteiger partial charge in [-0.15, -0.1) is 11.3 Å². The number of aromatic nitrogens is 3. The zero-order valence-corrected chi connectivity index (χ0v) is 17.0. The van der Waals surface area contributed by atoms with Crippen molar-refractivity contribution in [2.24, 2.45) is 5.92 Å². The molecule has 148 valence electrons. The lowest BCUT2D eigenvalue weighted by Gasteiger charge is -2.31. The van der Waals surface area contributed by atoms with Gasteiger partial charge >= 0.3 is 5.69 Å². The van der Waals surface area contributed by atoms with Crippen LogP contribution < -0.4 is 5.69 Å². The molecule has 1 saturated heterocycles. The van der Waals surface area contributed by atoms with Gasteiger partial charge in [0.05, 0.1) is 5.75 Å². The summed E-state index contributed by atoms with van der Waals surface area (Å²) in [7, 11) is -3.31. The Morgan fingerprint density at radius 3 is 2.54 bits per heavy atom. The van der Waals surface area contributed by atoms with Crippen molar-refractivity contribution in [3.05, 3.63) is 69.7 Å². The first-order valence-electron chi connectivity index (χ1n) is 9.25. The topological polar surface area (TPSA) is 88.1 Å². The van der Waals surface area contributed by atoms with Crippen LogP contribution in [0.2, 0.25) is 0 Å². The van der Waals surface area contributed by atoms with Gasteiger partial charge in [-0.05, 0) is 41.8 Å². The predicted molar refractivity (Wildman–Crippen MR) is 109 cm³/mol. The molecular formula is C19H22N4O3S2. The van der Waals surface area contributed by atoms with Crippen molar-refractivity contribution in [3.8, 4) is 5.00 Å². The van der Waals surface area contributed by atoms with Gasteiger partial charge in [-0.3, -0.25) is 0 Å². The minimum atomic E-state index is -3.31. The number of aromatic amines is 1. The van der Waals surface area contributed by atoms with Gasteiger partial charge in [0.15, 0.2) is 0 Å². The molecule has 1 aromatic carbocycles. The summed E-state index contributed by atoms with van der Waals surface area (Å²) in [6.45, 7) is 1.01. The van der Waals surface area contributed by atoms with E-state index in [-0.39, 0.29) is 11.4 Å². The highest BCUT2D eigenvalue weighted by Crippen LogP contribution is 2.25. The Hall–Kier alpha value is -2.23. The standard InChI is InChI=1S/C19H22N4O3S2/c24-19-21-20-17(23(19)18-7-4-12-27-18)13-15-8-10-22(11-9-15)28(25,26)14-16-5-2-1-3-6-16/h1-7,12,15H,8-11,13-14H2,(H,21,24). The van der Waals surface area contributed by atoms with E-state index in [1.165, 1.54) is 11.3 Å². The Morgan fingerprint density at radius 1 is 1.11 bits per heavy atom. The summed E-state index contributed by atoms with van der Waals surface area (Å²) in [4.78, 5) is 12.1. The van der Waals surface area contributed by atoms with Crippen LogP contribution in [0.25, 0.3) is 5.00 Å². The summed E-state index contributed by atoms with van der Waals surface area (Å²) in [6.07, 6.45) is 2.18. The summed E-state index contributed by atoms with van der Waals surface area (Å²) in [6, 6.07) is 13.1. The highest BCUT2D eigenvalue weighted by Gasteiger charge is 2.29. The number of nitrogens with zero attached hydrogens (tertiary/aromatic N) is 3. The van der Waals surface area contributed by atoms with Crippen LogP contribution in [0.15, 0.2) is 52.6 Å². The van der Waals surface area contributed by atoms with Gasteiger partial charge < -0.3 is 0 Å². The predicted octanol–water partition coefficient (Wildman–Crippen LogP) is 2.41. The number of hydrogen-bond acceptors (Lipinski definition) is 5. The number of rotatable bonds is 6. The van der Waals surface area contributed by atoms with Gasteiger partial charge in [0, 0.05) is 19.5 Å². The lowest BCUT2D eigenvalue weighted by atomic mass is 9.94. The summed E-state index contributed by atoms with van der Waals surface area (Å²) in [5, 5.41) is 9.49. The third-order valence-electron chi connectivity index (χ3n) is 5.10. The number of nitrogens with one attached hydrogen (secondary N) is 1. The Kier molecular flexibility index (Phi) is 5.47. The van der Waals surface area contributed by atoms with Crippen molar-refractivity contribution in [1.82, 2.24) is 19.1 Å². The smallest absolute Gasteiger partial charge is 0.246 e. The van der Waals surface area contributed by atoms with Crippen LogP contribution in [0, 0.1) is 5.92 Å². The van der Waals surface area contributed by atoms with Crippen molar-refractivity contribution >= 4 is 21.4 Å².